The van der Waals surface area contributed by atoms with Crippen LogP contribution in [0.5, 0.6) is 11.5 Å². The molecule has 43 heavy (non-hydrogen) atoms. The second-order valence-electron chi connectivity index (χ2n) is 9.77. The highest BCUT2D eigenvalue weighted by molar-refractivity contribution is 8.00. The zero-order valence-corrected chi connectivity index (χ0v) is 25.2. The van der Waals surface area contributed by atoms with Crippen molar-refractivity contribution in [2.45, 2.75) is 20.6 Å². The van der Waals surface area contributed by atoms with Crippen LogP contribution in [0.4, 0.5) is 5.69 Å². The maximum atomic E-state index is 12.8. The fraction of sp³-hybridized carbons (Fsp3) is 0.0882. The topological polar surface area (TPSA) is 89.9 Å². The first-order chi connectivity index (χ1) is 21.0. The number of thioether (sulfide) groups is 1. The van der Waals surface area contributed by atoms with E-state index in [-0.39, 0.29) is 11.4 Å². The number of benzene rings is 5. The summed E-state index contributed by atoms with van der Waals surface area (Å²) in [5, 5.41) is 10.5. The van der Waals surface area contributed by atoms with E-state index in [0.717, 1.165) is 31.6 Å². The third kappa shape index (κ3) is 5.81. The van der Waals surface area contributed by atoms with Crippen LogP contribution in [0.15, 0.2) is 143 Å². The lowest BCUT2D eigenvalue weighted by molar-refractivity contribution is -0.137. The molecule has 0 bridgehead atoms. The van der Waals surface area contributed by atoms with Crippen molar-refractivity contribution in [3.05, 3.63) is 150 Å². The van der Waals surface area contributed by atoms with Gasteiger partial charge in [0.2, 0.25) is 0 Å². The summed E-state index contributed by atoms with van der Waals surface area (Å²) < 4.78 is 31.7. The van der Waals surface area contributed by atoms with Gasteiger partial charge in [0, 0.05) is 17.0 Å². The molecule has 1 heterocycles. The van der Waals surface area contributed by atoms with E-state index in [1.165, 1.54) is 23.5 Å². The lowest BCUT2D eigenvalue weighted by atomic mass is 9.84. The Balaban J connectivity index is 1.40. The predicted molar refractivity (Wildman–Crippen MR) is 172 cm³/mol. The molecule has 1 N–H and O–H groups in total. The van der Waals surface area contributed by atoms with Crippen LogP contribution in [0.3, 0.4) is 0 Å². The Kier molecular flexibility index (Phi) is 8.58. The first-order valence-electron chi connectivity index (χ1n) is 13.5. The van der Waals surface area contributed by atoms with Crippen LogP contribution in [-0.4, -0.2) is 31.6 Å². The zero-order chi connectivity index (χ0) is 29.8. The SMILES string of the molecule is O=C(O)C(CSC(c1ccccc1)(c1ccccc1)c1ccccc1)N(c1ccc2c(c1)Sc1ccccc1O2)S(=O)[O-]. The van der Waals surface area contributed by atoms with E-state index >= 15 is 0 Å². The Morgan fingerprint density at radius 1 is 0.791 bits per heavy atom. The molecule has 2 unspecified atom stereocenters. The van der Waals surface area contributed by atoms with E-state index in [9.17, 15) is 18.7 Å². The smallest absolute Gasteiger partial charge is 0.328 e. The number of ether oxygens (including phenoxy) is 1. The lowest BCUT2D eigenvalue weighted by Gasteiger charge is -2.38. The maximum absolute atomic E-state index is 12.8. The van der Waals surface area contributed by atoms with Crippen LogP contribution in [0.2, 0.25) is 0 Å². The number of aliphatic carboxylic acids is 1. The van der Waals surface area contributed by atoms with Crippen molar-refractivity contribution in [3.63, 3.8) is 0 Å². The van der Waals surface area contributed by atoms with E-state index in [0.29, 0.717) is 10.6 Å². The van der Waals surface area contributed by atoms with Crippen LogP contribution in [0.1, 0.15) is 16.7 Å². The fourth-order valence-electron chi connectivity index (χ4n) is 5.24. The van der Waals surface area contributed by atoms with E-state index in [1.807, 2.05) is 115 Å². The van der Waals surface area contributed by atoms with E-state index < -0.39 is 28.0 Å². The van der Waals surface area contributed by atoms with Crippen molar-refractivity contribution in [3.8, 4) is 11.5 Å². The van der Waals surface area contributed by atoms with E-state index in [2.05, 4.69) is 0 Å². The Morgan fingerprint density at radius 2 is 1.30 bits per heavy atom. The first kappa shape index (κ1) is 29.1. The van der Waals surface area contributed by atoms with Gasteiger partial charge in [0.25, 0.3) is 0 Å². The number of anilines is 1. The molecule has 1 aliphatic rings. The van der Waals surface area contributed by atoms with Gasteiger partial charge in [-0.2, -0.15) is 0 Å². The highest BCUT2D eigenvalue weighted by atomic mass is 32.2. The van der Waals surface area contributed by atoms with Crippen LogP contribution in [-0.2, 0) is 20.8 Å². The summed E-state index contributed by atoms with van der Waals surface area (Å²) in [5.41, 5.74) is 3.12. The van der Waals surface area contributed by atoms with Gasteiger partial charge < -0.3 is 14.4 Å². The van der Waals surface area contributed by atoms with Crippen molar-refractivity contribution in [1.29, 1.82) is 0 Å². The van der Waals surface area contributed by atoms with E-state index in [1.54, 1.807) is 18.2 Å². The molecule has 6 nitrogen and oxygen atoms in total. The van der Waals surface area contributed by atoms with Gasteiger partial charge in [-0.3, -0.25) is 8.51 Å². The number of hydrogen-bond acceptors (Lipinski definition) is 6. The van der Waals surface area contributed by atoms with Crippen LogP contribution >= 0.6 is 23.5 Å². The molecule has 0 spiro atoms. The summed E-state index contributed by atoms with van der Waals surface area (Å²) >= 11 is -0.0246. The number of rotatable bonds is 10. The van der Waals surface area contributed by atoms with Gasteiger partial charge >= 0.3 is 5.97 Å². The number of nitrogens with zero attached hydrogens (tertiary/aromatic N) is 1. The Hall–Kier alpha value is -4.02. The van der Waals surface area contributed by atoms with Crippen molar-refractivity contribution in [2.24, 2.45) is 0 Å². The molecule has 1 aliphatic heterocycles. The van der Waals surface area contributed by atoms with Gasteiger partial charge in [0.15, 0.2) is 0 Å². The molecule has 5 aromatic carbocycles. The van der Waals surface area contributed by atoms with Crippen molar-refractivity contribution in [2.75, 3.05) is 10.1 Å². The van der Waals surface area contributed by atoms with Gasteiger partial charge in [0.1, 0.15) is 17.5 Å². The molecule has 0 aliphatic carbocycles. The molecule has 0 saturated carbocycles. The second-order valence-corrected chi connectivity index (χ2v) is 12.9. The third-order valence-electron chi connectivity index (χ3n) is 7.20. The second kappa shape index (κ2) is 12.7. The molecule has 0 amide bonds. The van der Waals surface area contributed by atoms with Gasteiger partial charge in [-0.05, 0) is 47.0 Å². The Morgan fingerprint density at radius 3 is 1.84 bits per heavy atom. The molecule has 0 radical (unpaired) electrons. The summed E-state index contributed by atoms with van der Waals surface area (Å²) in [6, 6.07) is 40.8. The summed E-state index contributed by atoms with van der Waals surface area (Å²) in [6.07, 6.45) is 0. The zero-order valence-electron chi connectivity index (χ0n) is 22.7. The number of para-hydroxylation sites is 1. The minimum atomic E-state index is -2.87. The van der Waals surface area contributed by atoms with Crippen molar-refractivity contribution in [1.82, 2.24) is 0 Å². The molecule has 6 rings (SSSR count). The highest BCUT2D eigenvalue weighted by Crippen LogP contribution is 2.50. The molecule has 5 aromatic rings. The summed E-state index contributed by atoms with van der Waals surface area (Å²) in [4.78, 5) is 14.4. The maximum Gasteiger partial charge on any atom is 0.328 e. The quantitative estimate of drug-likeness (QED) is 0.123. The average Bonchev–Trinajstić information content (AvgIpc) is 3.04. The lowest BCUT2D eigenvalue weighted by Crippen LogP contribution is -2.45. The molecule has 0 aromatic heterocycles. The van der Waals surface area contributed by atoms with Crippen LogP contribution in [0.25, 0.3) is 0 Å². The van der Waals surface area contributed by atoms with Crippen LogP contribution < -0.4 is 9.04 Å². The number of hydrogen-bond donors (Lipinski definition) is 1. The van der Waals surface area contributed by atoms with Crippen molar-refractivity contribution >= 4 is 46.4 Å². The molecular weight excluding hydrogens is 599 g/mol. The third-order valence-corrected chi connectivity index (χ3v) is 10.7. The Labute approximate surface area is 261 Å². The molecule has 0 fully saturated rings. The Bertz CT molecular complexity index is 1660. The fourth-order valence-corrected chi connectivity index (χ4v) is 8.58. The standard InChI is InChI=1S/C34H27NO5S3/c36-33(37)28(35(43(38)39)27-20-21-30-32(22-27)42-31-19-11-10-18-29(31)40-30)23-41-34(24-12-4-1-5-13-24,25-14-6-2-7-15-25)26-16-8-3-9-17-26/h1-22,28H,23H2,(H,36,37)(H,38,39)/p-1. The van der Waals surface area contributed by atoms with Gasteiger partial charge in [-0.15, -0.1) is 11.8 Å². The summed E-state index contributed by atoms with van der Waals surface area (Å²) in [5.74, 6) is 0.0233. The predicted octanol–water partition coefficient (Wildman–Crippen LogP) is 7.72. The monoisotopic (exact) mass is 624 g/mol. The van der Waals surface area contributed by atoms with Gasteiger partial charge in [0.05, 0.1) is 20.2 Å². The number of carboxylic acid groups (broad SMARTS) is 1. The number of carboxylic acids is 1. The van der Waals surface area contributed by atoms with E-state index in [4.69, 9.17) is 4.74 Å². The molecule has 216 valence electrons. The number of carbonyl (C=O) groups is 1. The minimum Gasteiger partial charge on any atom is -0.755 e. The van der Waals surface area contributed by atoms with Gasteiger partial charge in [-0.1, -0.05) is 115 Å². The van der Waals surface area contributed by atoms with Gasteiger partial charge in [-0.25, -0.2) is 4.79 Å². The summed E-state index contributed by atoms with van der Waals surface area (Å²) in [6.45, 7) is 0. The molecule has 0 saturated heterocycles. The first-order valence-corrected chi connectivity index (χ1v) is 16.3. The van der Waals surface area contributed by atoms with Crippen molar-refractivity contribution < 1.29 is 23.4 Å². The highest BCUT2D eigenvalue weighted by Gasteiger charge is 2.40. The van der Waals surface area contributed by atoms with Crippen LogP contribution in [0, 0.1) is 0 Å². The largest absolute Gasteiger partial charge is 0.755 e. The molecule has 9 heteroatoms. The molecule has 2 atom stereocenters. The molecular formula is C34H26NO5S3-. The average molecular weight is 625 g/mol. The normalized spacial score (nSPS) is 13.6. The summed E-state index contributed by atoms with van der Waals surface area (Å²) in [7, 11) is 0. The number of fused-ring (bicyclic) bond motifs is 2. The minimum absolute atomic E-state index is 0.0362.